The lowest BCUT2D eigenvalue weighted by molar-refractivity contribution is -0.140. The molecule has 45 heavy (non-hydrogen) atoms. The standard InChI is InChI=1S/C36H40ClN3O4S/c1-5-28(4)38-36(42)34(22-29-15-8-6-9-16-29)39(24-30-17-13-12-14-26(30)2)35(41)25-40(33-23-31(37)21-20-27(33)3)45(43,44)32-18-10-7-11-19-32/h6-21,23,28,34H,5,22,24-25H2,1-4H3,(H,38,42)/t28-,34+/m0/s1. The number of sulfonamides is 1. The summed E-state index contributed by atoms with van der Waals surface area (Å²) in [6, 6.07) is 29.1. The summed E-state index contributed by atoms with van der Waals surface area (Å²) in [7, 11) is -4.20. The molecular weight excluding hydrogens is 606 g/mol. The van der Waals surface area contributed by atoms with E-state index in [4.69, 9.17) is 11.6 Å². The molecule has 4 aromatic rings. The Morgan fingerprint density at radius 3 is 2.11 bits per heavy atom. The van der Waals surface area contributed by atoms with E-state index in [0.717, 1.165) is 21.0 Å². The van der Waals surface area contributed by atoms with Gasteiger partial charge >= 0.3 is 0 Å². The number of nitrogens with one attached hydrogen (secondary N) is 1. The number of aryl methyl sites for hydroxylation is 2. The Morgan fingerprint density at radius 1 is 0.844 bits per heavy atom. The van der Waals surface area contributed by atoms with Crippen LogP contribution in [0.4, 0.5) is 5.69 Å². The van der Waals surface area contributed by atoms with Gasteiger partial charge in [-0.25, -0.2) is 8.42 Å². The Morgan fingerprint density at radius 2 is 1.47 bits per heavy atom. The zero-order valence-electron chi connectivity index (χ0n) is 26.1. The average Bonchev–Trinajstić information content (AvgIpc) is 3.04. The van der Waals surface area contributed by atoms with Crippen molar-refractivity contribution in [1.82, 2.24) is 10.2 Å². The van der Waals surface area contributed by atoms with Crippen molar-refractivity contribution in [2.75, 3.05) is 10.8 Å². The molecule has 0 unspecified atom stereocenters. The van der Waals surface area contributed by atoms with E-state index in [2.05, 4.69) is 5.32 Å². The first-order chi connectivity index (χ1) is 21.5. The van der Waals surface area contributed by atoms with Gasteiger partial charge in [0.1, 0.15) is 12.6 Å². The van der Waals surface area contributed by atoms with E-state index < -0.39 is 28.5 Å². The Kier molecular flexibility index (Phi) is 11.4. The maximum Gasteiger partial charge on any atom is 0.264 e. The van der Waals surface area contributed by atoms with Crippen molar-refractivity contribution in [2.45, 2.75) is 64.1 Å². The van der Waals surface area contributed by atoms with Gasteiger partial charge in [-0.15, -0.1) is 0 Å². The van der Waals surface area contributed by atoms with Gasteiger partial charge in [0, 0.05) is 24.0 Å². The van der Waals surface area contributed by atoms with Crippen LogP contribution in [-0.4, -0.2) is 43.8 Å². The van der Waals surface area contributed by atoms with E-state index >= 15 is 0 Å². The van der Waals surface area contributed by atoms with Gasteiger partial charge < -0.3 is 10.2 Å². The van der Waals surface area contributed by atoms with Crippen LogP contribution in [0.2, 0.25) is 5.02 Å². The van der Waals surface area contributed by atoms with Crippen molar-refractivity contribution in [3.8, 4) is 0 Å². The zero-order chi connectivity index (χ0) is 32.6. The highest BCUT2D eigenvalue weighted by Crippen LogP contribution is 2.30. The van der Waals surface area contributed by atoms with Crippen LogP contribution in [0.3, 0.4) is 0 Å². The monoisotopic (exact) mass is 645 g/mol. The first kappa shape index (κ1) is 33.7. The predicted molar refractivity (Wildman–Crippen MR) is 181 cm³/mol. The molecule has 0 bridgehead atoms. The summed E-state index contributed by atoms with van der Waals surface area (Å²) in [5.74, 6) is -0.816. The molecule has 0 saturated carbocycles. The maximum atomic E-state index is 14.6. The highest BCUT2D eigenvalue weighted by atomic mass is 35.5. The Bertz CT molecular complexity index is 1720. The van der Waals surface area contributed by atoms with Crippen LogP contribution in [0, 0.1) is 13.8 Å². The molecule has 0 aliphatic heterocycles. The van der Waals surface area contributed by atoms with Crippen LogP contribution < -0.4 is 9.62 Å². The SMILES string of the molecule is CC[C@H](C)NC(=O)[C@@H](Cc1ccccc1)N(Cc1ccccc1C)C(=O)CN(c1cc(Cl)ccc1C)S(=O)(=O)c1ccccc1. The third-order valence-electron chi connectivity index (χ3n) is 7.92. The number of carbonyl (C=O) groups is 2. The van der Waals surface area contributed by atoms with Crippen molar-refractivity contribution in [3.63, 3.8) is 0 Å². The Labute approximate surface area is 271 Å². The summed E-state index contributed by atoms with van der Waals surface area (Å²) in [5, 5.41) is 3.40. The molecule has 9 heteroatoms. The summed E-state index contributed by atoms with van der Waals surface area (Å²) in [5.41, 5.74) is 3.61. The molecule has 0 spiro atoms. The van der Waals surface area contributed by atoms with E-state index in [9.17, 15) is 18.0 Å². The zero-order valence-corrected chi connectivity index (χ0v) is 27.7. The van der Waals surface area contributed by atoms with Crippen LogP contribution in [-0.2, 0) is 32.6 Å². The van der Waals surface area contributed by atoms with Crippen LogP contribution in [0.25, 0.3) is 0 Å². The number of benzene rings is 4. The summed E-state index contributed by atoms with van der Waals surface area (Å²) in [6.07, 6.45) is 0.967. The van der Waals surface area contributed by atoms with Crippen molar-refractivity contribution >= 4 is 39.1 Å². The minimum atomic E-state index is -4.20. The Balaban J connectivity index is 1.84. The predicted octanol–water partition coefficient (Wildman–Crippen LogP) is 6.71. The van der Waals surface area contributed by atoms with Crippen molar-refractivity contribution in [3.05, 3.63) is 130 Å². The van der Waals surface area contributed by atoms with Crippen LogP contribution in [0.5, 0.6) is 0 Å². The number of anilines is 1. The molecule has 0 radical (unpaired) electrons. The molecule has 0 fully saturated rings. The number of amides is 2. The number of nitrogens with zero attached hydrogens (tertiary/aromatic N) is 2. The van der Waals surface area contributed by atoms with Crippen molar-refractivity contribution in [2.24, 2.45) is 0 Å². The minimum Gasteiger partial charge on any atom is -0.352 e. The minimum absolute atomic E-state index is 0.0398. The summed E-state index contributed by atoms with van der Waals surface area (Å²) < 4.78 is 29.5. The number of halogens is 1. The number of hydrogen-bond acceptors (Lipinski definition) is 4. The lowest BCUT2D eigenvalue weighted by atomic mass is 10.0. The molecule has 0 aromatic heterocycles. The molecule has 0 aliphatic rings. The molecule has 1 N–H and O–H groups in total. The van der Waals surface area contributed by atoms with Crippen LogP contribution >= 0.6 is 11.6 Å². The summed E-state index contributed by atoms with van der Waals surface area (Å²) >= 11 is 6.36. The van der Waals surface area contributed by atoms with E-state index in [0.29, 0.717) is 22.7 Å². The fraction of sp³-hybridized carbons (Fsp3) is 0.278. The highest BCUT2D eigenvalue weighted by Gasteiger charge is 2.35. The molecule has 0 saturated heterocycles. The van der Waals surface area contributed by atoms with Gasteiger partial charge in [-0.1, -0.05) is 97.4 Å². The lowest BCUT2D eigenvalue weighted by Gasteiger charge is -2.35. The average molecular weight is 646 g/mol. The first-order valence-corrected chi connectivity index (χ1v) is 16.8. The van der Waals surface area contributed by atoms with Crippen molar-refractivity contribution in [1.29, 1.82) is 0 Å². The molecule has 0 aliphatic carbocycles. The largest absolute Gasteiger partial charge is 0.352 e. The second-order valence-electron chi connectivity index (χ2n) is 11.2. The Hall–Kier alpha value is -4.14. The lowest BCUT2D eigenvalue weighted by Crippen LogP contribution is -2.54. The third-order valence-corrected chi connectivity index (χ3v) is 9.93. The number of rotatable bonds is 13. The van der Waals surface area contributed by atoms with Gasteiger partial charge in [-0.3, -0.25) is 13.9 Å². The van der Waals surface area contributed by atoms with E-state index in [1.54, 1.807) is 43.3 Å². The van der Waals surface area contributed by atoms with E-state index in [1.165, 1.54) is 17.0 Å². The maximum absolute atomic E-state index is 14.6. The fourth-order valence-corrected chi connectivity index (χ4v) is 6.71. The van der Waals surface area contributed by atoms with Gasteiger partial charge in [-0.05, 0) is 73.7 Å². The van der Waals surface area contributed by atoms with E-state index in [1.807, 2.05) is 75.4 Å². The molecule has 236 valence electrons. The van der Waals surface area contributed by atoms with Gasteiger partial charge in [0.15, 0.2) is 0 Å². The molecule has 0 heterocycles. The number of carbonyl (C=O) groups excluding carboxylic acids is 2. The fourth-order valence-electron chi connectivity index (χ4n) is 5.05. The van der Waals surface area contributed by atoms with E-state index in [-0.39, 0.29) is 29.8 Å². The highest BCUT2D eigenvalue weighted by molar-refractivity contribution is 7.92. The molecule has 4 aromatic carbocycles. The quantitative estimate of drug-likeness (QED) is 0.175. The van der Waals surface area contributed by atoms with Crippen LogP contribution in [0.1, 0.15) is 42.5 Å². The topological polar surface area (TPSA) is 86.8 Å². The molecule has 7 nitrogen and oxygen atoms in total. The second-order valence-corrected chi connectivity index (χ2v) is 13.5. The first-order valence-electron chi connectivity index (χ1n) is 15.0. The molecule has 4 rings (SSSR count). The van der Waals surface area contributed by atoms with Gasteiger partial charge in [0.05, 0.1) is 10.6 Å². The van der Waals surface area contributed by atoms with Gasteiger partial charge in [0.2, 0.25) is 11.8 Å². The van der Waals surface area contributed by atoms with Crippen LogP contribution in [0.15, 0.2) is 108 Å². The van der Waals surface area contributed by atoms with Gasteiger partial charge in [0.25, 0.3) is 10.0 Å². The summed E-state index contributed by atoms with van der Waals surface area (Å²) in [6.45, 7) is 7.20. The molecular formula is C36H40ClN3O4S. The number of hydrogen-bond donors (Lipinski definition) is 1. The van der Waals surface area contributed by atoms with Gasteiger partial charge in [-0.2, -0.15) is 0 Å². The third kappa shape index (κ3) is 8.53. The smallest absolute Gasteiger partial charge is 0.264 e. The summed E-state index contributed by atoms with van der Waals surface area (Å²) in [4.78, 5) is 30.1. The molecule has 2 amide bonds. The second kappa shape index (κ2) is 15.2. The molecule has 2 atom stereocenters. The normalized spacial score (nSPS) is 12.6. The van der Waals surface area contributed by atoms with Crippen molar-refractivity contribution < 1.29 is 18.0 Å².